The number of nitrogen functional groups attached to an aromatic ring is 1. The summed E-state index contributed by atoms with van der Waals surface area (Å²) in [5.41, 5.74) is 11.3. The van der Waals surface area contributed by atoms with E-state index in [0.717, 1.165) is 20.8 Å². The van der Waals surface area contributed by atoms with E-state index < -0.39 is 0 Å². The van der Waals surface area contributed by atoms with Crippen LogP contribution in [0, 0.1) is 0 Å². The molecule has 2 aromatic carbocycles. The Bertz CT molecular complexity index is 610. The molecule has 0 atom stereocenters. The van der Waals surface area contributed by atoms with E-state index in [1.165, 1.54) is 30.4 Å². The Kier molecular flexibility index (Phi) is 3.85. The predicted octanol–water partition coefficient (Wildman–Crippen LogP) is 4.81. The highest BCUT2D eigenvalue weighted by molar-refractivity contribution is 9.10. The Morgan fingerprint density at radius 2 is 1.89 bits per heavy atom. The molecule has 3 heteroatoms. The van der Waals surface area contributed by atoms with E-state index in [1.54, 1.807) is 17.3 Å². The SMILES string of the molecule is Nc1ccc(Br)cc1SCc1ccc2c(c1)CCC2. The van der Waals surface area contributed by atoms with Crippen molar-refractivity contribution >= 4 is 33.4 Å². The molecule has 0 saturated heterocycles. The van der Waals surface area contributed by atoms with E-state index in [-0.39, 0.29) is 0 Å². The van der Waals surface area contributed by atoms with Gasteiger partial charge >= 0.3 is 0 Å². The van der Waals surface area contributed by atoms with Crippen LogP contribution in [-0.4, -0.2) is 0 Å². The maximum absolute atomic E-state index is 6.00. The molecule has 0 saturated carbocycles. The highest BCUT2D eigenvalue weighted by Crippen LogP contribution is 2.32. The lowest BCUT2D eigenvalue weighted by Gasteiger charge is -2.07. The summed E-state index contributed by atoms with van der Waals surface area (Å²) in [5, 5.41) is 0. The van der Waals surface area contributed by atoms with Gasteiger partial charge in [0.05, 0.1) is 0 Å². The minimum Gasteiger partial charge on any atom is -0.398 e. The lowest BCUT2D eigenvalue weighted by molar-refractivity contribution is 0.911. The molecule has 1 aliphatic carbocycles. The molecule has 0 heterocycles. The van der Waals surface area contributed by atoms with Crippen molar-refractivity contribution in [3.8, 4) is 0 Å². The summed E-state index contributed by atoms with van der Waals surface area (Å²) < 4.78 is 1.08. The minimum absolute atomic E-state index is 0.856. The van der Waals surface area contributed by atoms with Gasteiger partial charge in [0.25, 0.3) is 0 Å². The van der Waals surface area contributed by atoms with Crippen LogP contribution in [0.15, 0.2) is 45.8 Å². The van der Waals surface area contributed by atoms with Crippen molar-refractivity contribution < 1.29 is 0 Å². The molecule has 0 unspecified atom stereocenters. The Morgan fingerprint density at radius 1 is 1.05 bits per heavy atom. The van der Waals surface area contributed by atoms with E-state index >= 15 is 0 Å². The van der Waals surface area contributed by atoms with Crippen molar-refractivity contribution in [2.75, 3.05) is 5.73 Å². The fraction of sp³-hybridized carbons (Fsp3) is 0.250. The van der Waals surface area contributed by atoms with Crippen molar-refractivity contribution in [2.24, 2.45) is 0 Å². The number of halogens is 1. The molecule has 1 nitrogen and oxygen atoms in total. The first-order chi connectivity index (χ1) is 9.22. The molecule has 98 valence electrons. The van der Waals surface area contributed by atoms with Gasteiger partial charge in [0.15, 0.2) is 0 Å². The van der Waals surface area contributed by atoms with Crippen LogP contribution in [0.25, 0.3) is 0 Å². The quantitative estimate of drug-likeness (QED) is 0.644. The molecule has 1 aliphatic rings. The van der Waals surface area contributed by atoms with Crippen molar-refractivity contribution in [1.29, 1.82) is 0 Å². The molecule has 0 amide bonds. The Labute approximate surface area is 126 Å². The highest BCUT2D eigenvalue weighted by Gasteiger charge is 2.11. The van der Waals surface area contributed by atoms with Gasteiger partial charge in [0.1, 0.15) is 0 Å². The molecule has 19 heavy (non-hydrogen) atoms. The summed E-state index contributed by atoms with van der Waals surface area (Å²) in [7, 11) is 0. The lowest BCUT2D eigenvalue weighted by atomic mass is 10.1. The third-order valence-corrected chi connectivity index (χ3v) is 5.17. The van der Waals surface area contributed by atoms with Crippen LogP contribution in [-0.2, 0) is 18.6 Å². The molecule has 0 aromatic heterocycles. The van der Waals surface area contributed by atoms with Crippen LogP contribution in [0.5, 0.6) is 0 Å². The zero-order valence-corrected chi connectivity index (χ0v) is 13.1. The van der Waals surface area contributed by atoms with E-state index in [2.05, 4.69) is 40.2 Å². The minimum atomic E-state index is 0.856. The summed E-state index contributed by atoms with van der Waals surface area (Å²) in [6.07, 6.45) is 3.80. The van der Waals surface area contributed by atoms with Gasteiger partial charge in [0.2, 0.25) is 0 Å². The molecular formula is C16H16BrNS. The number of thioether (sulfide) groups is 1. The number of rotatable bonds is 3. The van der Waals surface area contributed by atoms with Crippen LogP contribution >= 0.6 is 27.7 Å². The lowest BCUT2D eigenvalue weighted by Crippen LogP contribution is -1.90. The summed E-state index contributed by atoms with van der Waals surface area (Å²) in [6.45, 7) is 0. The number of nitrogens with two attached hydrogens (primary N) is 1. The molecule has 3 rings (SSSR count). The smallest absolute Gasteiger partial charge is 0.0453 e. The first-order valence-corrected chi connectivity index (χ1v) is 8.29. The Morgan fingerprint density at radius 3 is 2.79 bits per heavy atom. The van der Waals surface area contributed by atoms with Gasteiger partial charge in [-0.05, 0) is 54.2 Å². The van der Waals surface area contributed by atoms with Crippen LogP contribution in [0.2, 0.25) is 0 Å². The second kappa shape index (κ2) is 5.59. The Balaban J connectivity index is 1.74. The van der Waals surface area contributed by atoms with E-state index in [4.69, 9.17) is 5.73 Å². The largest absolute Gasteiger partial charge is 0.398 e. The van der Waals surface area contributed by atoms with Gasteiger partial charge in [-0.1, -0.05) is 34.1 Å². The van der Waals surface area contributed by atoms with Crippen LogP contribution in [0.3, 0.4) is 0 Å². The van der Waals surface area contributed by atoms with Gasteiger partial charge in [-0.2, -0.15) is 0 Å². The van der Waals surface area contributed by atoms with E-state index in [1.807, 2.05) is 12.1 Å². The zero-order valence-electron chi connectivity index (χ0n) is 10.7. The predicted molar refractivity (Wildman–Crippen MR) is 86.6 cm³/mol. The third kappa shape index (κ3) is 2.98. The van der Waals surface area contributed by atoms with Crippen molar-refractivity contribution in [1.82, 2.24) is 0 Å². The van der Waals surface area contributed by atoms with Gasteiger partial charge < -0.3 is 5.73 Å². The standard InChI is InChI=1S/C16H16BrNS/c17-14-6-7-15(18)16(9-14)19-10-11-4-5-12-2-1-3-13(12)8-11/h4-9H,1-3,10,18H2. The summed E-state index contributed by atoms with van der Waals surface area (Å²) in [5.74, 6) is 0.980. The maximum Gasteiger partial charge on any atom is 0.0453 e. The third-order valence-electron chi connectivity index (χ3n) is 3.53. The van der Waals surface area contributed by atoms with Crippen LogP contribution in [0.1, 0.15) is 23.1 Å². The molecular weight excluding hydrogens is 318 g/mol. The second-order valence-electron chi connectivity index (χ2n) is 4.93. The number of hydrogen-bond acceptors (Lipinski definition) is 2. The van der Waals surface area contributed by atoms with Gasteiger partial charge in [-0.25, -0.2) is 0 Å². The maximum atomic E-state index is 6.00. The van der Waals surface area contributed by atoms with Gasteiger partial charge in [-0.3, -0.25) is 0 Å². The van der Waals surface area contributed by atoms with Crippen molar-refractivity contribution in [3.63, 3.8) is 0 Å². The number of fused-ring (bicyclic) bond motifs is 1. The number of aryl methyl sites for hydroxylation is 2. The summed E-state index contributed by atoms with van der Waals surface area (Å²) >= 11 is 5.30. The average molecular weight is 334 g/mol. The monoisotopic (exact) mass is 333 g/mol. The van der Waals surface area contributed by atoms with E-state index in [9.17, 15) is 0 Å². The first-order valence-electron chi connectivity index (χ1n) is 6.51. The summed E-state index contributed by atoms with van der Waals surface area (Å²) in [6, 6.07) is 12.9. The second-order valence-corrected chi connectivity index (χ2v) is 6.86. The molecule has 0 bridgehead atoms. The molecule has 0 aliphatic heterocycles. The fourth-order valence-corrected chi connectivity index (χ4v) is 3.97. The number of benzene rings is 2. The molecule has 0 radical (unpaired) electrons. The molecule has 0 fully saturated rings. The zero-order chi connectivity index (χ0) is 13.2. The average Bonchev–Trinajstić information content (AvgIpc) is 2.87. The van der Waals surface area contributed by atoms with Crippen LogP contribution < -0.4 is 5.73 Å². The van der Waals surface area contributed by atoms with E-state index in [0.29, 0.717) is 0 Å². The van der Waals surface area contributed by atoms with Crippen LogP contribution in [0.4, 0.5) is 5.69 Å². The molecule has 0 spiro atoms. The Hall–Kier alpha value is -0.930. The van der Waals surface area contributed by atoms with Gasteiger partial charge in [0, 0.05) is 20.8 Å². The number of hydrogen-bond donors (Lipinski definition) is 1. The summed E-state index contributed by atoms with van der Waals surface area (Å²) in [4.78, 5) is 1.15. The van der Waals surface area contributed by atoms with Crippen molar-refractivity contribution in [3.05, 3.63) is 57.6 Å². The molecule has 2 aromatic rings. The van der Waals surface area contributed by atoms with Gasteiger partial charge in [-0.15, -0.1) is 11.8 Å². The highest BCUT2D eigenvalue weighted by atomic mass is 79.9. The fourth-order valence-electron chi connectivity index (χ4n) is 2.51. The topological polar surface area (TPSA) is 26.0 Å². The normalized spacial score (nSPS) is 13.5. The van der Waals surface area contributed by atoms with Crippen molar-refractivity contribution in [2.45, 2.75) is 29.9 Å². The molecule has 2 N–H and O–H groups in total. The number of anilines is 1. The first kappa shape index (κ1) is 13.1.